The molecule has 84 valence electrons. The van der Waals surface area contributed by atoms with Crippen molar-refractivity contribution in [1.82, 2.24) is 5.32 Å². The van der Waals surface area contributed by atoms with Crippen molar-refractivity contribution in [3.8, 4) is 0 Å². The van der Waals surface area contributed by atoms with Gasteiger partial charge in [-0.15, -0.1) is 0 Å². The SMILES string of the molecule is C=C/C=C(\C=C)NCCCCCCC=O. The third-order valence-electron chi connectivity index (χ3n) is 2.10. The summed E-state index contributed by atoms with van der Waals surface area (Å²) >= 11 is 0. The van der Waals surface area contributed by atoms with Crippen LogP contribution >= 0.6 is 0 Å². The van der Waals surface area contributed by atoms with E-state index in [0.717, 1.165) is 37.8 Å². The first-order valence-corrected chi connectivity index (χ1v) is 5.47. The van der Waals surface area contributed by atoms with E-state index in [1.807, 2.05) is 6.08 Å². The Morgan fingerprint density at radius 2 is 1.87 bits per heavy atom. The molecule has 0 aromatic carbocycles. The molecule has 0 spiro atoms. The van der Waals surface area contributed by atoms with E-state index in [2.05, 4.69) is 18.5 Å². The monoisotopic (exact) mass is 207 g/mol. The van der Waals surface area contributed by atoms with Gasteiger partial charge in [0.25, 0.3) is 0 Å². The van der Waals surface area contributed by atoms with Gasteiger partial charge in [-0.1, -0.05) is 32.1 Å². The number of allylic oxidation sites excluding steroid dienone is 3. The van der Waals surface area contributed by atoms with Crippen LogP contribution < -0.4 is 5.32 Å². The van der Waals surface area contributed by atoms with Gasteiger partial charge in [-0.25, -0.2) is 0 Å². The Hall–Kier alpha value is -1.31. The lowest BCUT2D eigenvalue weighted by Crippen LogP contribution is -2.12. The summed E-state index contributed by atoms with van der Waals surface area (Å²) in [5, 5.41) is 3.26. The zero-order chi connectivity index (χ0) is 11.4. The quantitative estimate of drug-likeness (QED) is 0.339. The predicted molar refractivity (Wildman–Crippen MR) is 65.6 cm³/mol. The molecule has 0 radical (unpaired) electrons. The van der Waals surface area contributed by atoms with Gasteiger partial charge in [-0.3, -0.25) is 0 Å². The molecule has 0 aliphatic carbocycles. The van der Waals surface area contributed by atoms with Gasteiger partial charge in [0.2, 0.25) is 0 Å². The first-order chi connectivity index (χ1) is 7.35. The third kappa shape index (κ3) is 9.01. The summed E-state index contributed by atoms with van der Waals surface area (Å²) in [6.45, 7) is 8.28. The number of aldehydes is 1. The van der Waals surface area contributed by atoms with Gasteiger partial charge in [-0.05, 0) is 25.0 Å². The highest BCUT2D eigenvalue weighted by Crippen LogP contribution is 2.01. The van der Waals surface area contributed by atoms with Gasteiger partial charge in [0.15, 0.2) is 0 Å². The van der Waals surface area contributed by atoms with Crippen molar-refractivity contribution in [2.24, 2.45) is 0 Å². The lowest BCUT2D eigenvalue weighted by Gasteiger charge is -2.05. The maximum absolute atomic E-state index is 10.1. The zero-order valence-electron chi connectivity index (χ0n) is 9.37. The van der Waals surface area contributed by atoms with Crippen LogP contribution in [0.5, 0.6) is 0 Å². The van der Waals surface area contributed by atoms with Crippen LogP contribution in [-0.2, 0) is 4.79 Å². The molecule has 0 saturated carbocycles. The lowest BCUT2D eigenvalue weighted by atomic mass is 10.1. The van der Waals surface area contributed by atoms with Crippen molar-refractivity contribution in [3.63, 3.8) is 0 Å². The summed E-state index contributed by atoms with van der Waals surface area (Å²) in [4.78, 5) is 10.1. The van der Waals surface area contributed by atoms with E-state index in [9.17, 15) is 4.79 Å². The van der Waals surface area contributed by atoms with E-state index in [4.69, 9.17) is 0 Å². The highest BCUT2D eigenvalue weighted by molar-refractivity contribution is 5.48. The summed E-state index contributed by atoms with van der Waals surface area (Å²) < 4.78 is 0. The Bertz CT molecular complexity index is 219. The van der Waals surface area contributed by atoms with E-state index in [1.165, 1.54) is 6.42 Å². The molecule has 0 aromatic heterocycles. The van der Waals surface area contributed by atoms with Crippen LogP contribution in [0.25, 0.3) is 0 Å². The maximum Gasteiger partial charge on any atom is 0.119 e. The van der Waals surface area contributed by atoms with E-state index < -0.39 is 0 Å². The van der Waals surface area contributed by atoms with Gasteiger partial charge in [0.05, 0.1) is 0 Å². The second kappa shape index (κ2) is 10.8. The summed E-state index contributed by atoms with van der Waals surface area (Å²) in [6.07, 6.45) is 11.6. The number of nitrogens with one attached hydrogen (secondary N) is 1. The molecule has 0 aromatic rings. The molecule has 0 aliphatic rings. The van der Waals surface area contributed by atoms with Crippen molar-refractivity contribution < 1.29 is 4.79 Å². The second-order valence-electron chi connectivity index (χ2n) is 3.36. The van der Waals surface area contributed by atoms with Crippen LogP contribution in [0.15, 0.2) is 37.1 Å². The number of rotatable bonds is 10. The zero-order valence-corrected chi connectivity index (χ0v) is 9.37. The highest BCUT2D eigenvalue weighted by atomic mass is 16.1. The first kappa shape index (κ1) is 13.7. The smallest absolute Gasteiger partial charge is 0.119 e. The van der Waals surface area contributed by atoms with E-state index in [0.29, 0.717) is 6.42 Å². The average Bonchev–Trinajstić information content (AvgIpc) is 2.26. The fourth-order valence-electron chi connectivity index (χ4n) is 1.27. The summed E-state index contributed by atoms with van der Waals surface area (Å²) in [5.41, 5.74) is 1.01. The van der Waals surface area contributed by atoms with Crippen LogP contribution in [0.2, 0.25) is 0 Å². The van der Waals surface area contributed by atoms with Crippen molar-refractivity contribution in [2.45, 2.75) is 32.1 Å². The Labute approximate surface area is 92.8 Å². The van der Waals surface area contributed by atoms with Crippen molar-refractivity contribution >= 4 is 6.29 Å². The minimum Gasteiger partial charge on any atom is -0.385 e. The predicted octanol–water partition coefficient (Wildman–Crippen LogP) is 2.98. The van der Waals surface area contributed by atoms with Crippen LogP contribution in [0, 0.1) is 0 Å². The van der Waals surface area contributed by atoms with Crippen LogP contribution in [0.3, 0.4) is 0 Å². The van der Waals surface area contributed by atoms with Gasteiger partial charge >= 0.3 is 0 Å². The van der Waals surface area contributed by atoms with Gasteiger partial charge in [0, 0.05) is 18.7 Å². The largest absolute Gasteiger partial charge is 0.385 e. The minimum absolute atomic E-state index is 0.696. The highest BCUT2D eigenvalue weighted by Gasteiger charge is 1.91. The number of hydrogen-bond acceptors (Lipinski definition) is 2. The van der Waals surface area contributed by atoms with Gasteiger partial charge in [-0.2, -0.15) is 0 Å². The number of hydrogen-bond donors (Lipinski definition) is 1. The van der Waals surface area contributed by atoms with E-state index in [1.54, 1.807) is 12.2 Å². The fourth-order valence-corrected chi connectivity index (χ4v) is 1.27. The molecule has 0 rings (SSSR count). The lowest BCUT2D eigenvalue weighted by molar-refractivity contribution is -0.107. The Morgan fingerprint density at radius 3 is 2.47 bits per heavy atom. The molecule has 0 heterocycles. The van der Waals surface area contributed by atoms with Crippen LogP contribution in [0.1, 0.15) is 32.1 Å². The standard InChI is InChI=1S/C13H21NO/c1-3-10-13(4-2)14-11-8-6-5-7-9-12-15/h3-4,10,12,14H,1-2,5-9,11H2/b13-10+. The van der Waals surface area contributed by atoms with Crippen LogP contribution in [0.4, 0.5) is 0 Å². The van der Waals surface area contributed by atoms with E-state index in [-0.39, 0.29) is 0 Å². The molecule has 0 bridgehead atoms. The summed E-state index contributed by atoms with van der Waals surface area (Å²) in [7, 11) is 0. The molecule has 1 N–H and O–H groups in total. The molecule has 2 nitrogen and oxygen atoms in total. The number of unbranched alkanes of at least 4 members (excludes halogenated alkanes) is 4. The second-order valence-corrected chi connectivity index (χ2v) is 3.36. The Balaban J connectivity index is 3.36. The summed E-state index contributed by atoms with van der Waals surface area (Å²) in [6, 6.07) is 0. The Morgan fingerprint density at radius 1 is 1.13 bits per heavy atom. The van der Waals surface area contributed by atoms with Crippen molar-refractivity contribution in [2.75, 3.05) is 6.54 Å². The van der Waals surface area contributed by atoms with E-state index >= 15 is 0 Å². The normalized spacial score (nSPS) is 10.8. The number of carbonyl (C=O) groups excluding carboxylic acids is 1. The van der Waals surface area contributed by atoms with Gasteiger partial charge in [0.1, 0.15) is 6.29 Å². The fraction of sp³-hybridized carbons (Fsp3) is 0.462. The number of carbonyl (C=O) groups is 1. The molecule has 2 heteroatoms. The molecule has 0 atom stereocenters. The van der Waals surface area contributed by atoms with Crippen molar-refractivity contribution in [3.05, 3.63) is 37.1 Å². The molecule has 0 unspecified atom stereocenters. The first-order valence-electron chi connectivity index (χ1n) is 5.47. The van der Waals surface area contributed by atoms with Crippen LogP contribution in [-0.4, -0.2) is 12.8 Å². The maximum atomic E-state index is 10.1. The molecular weight excluding hydrogens is 186 g/mol. The average molecular weight is 207 g/mol. The molecule has 0 saturated heterocycles. The molecular formula is C13H21NO. The minimum atomic E-state index is 0.696. The van der Waals surface area contributed by atoms with Gasteiger partial charge < -0.3 is 10.1 Å². The summed E-state index contributed by atoms with van der Waals surface area (Å²) in [5.74, 6) is 0. The topological polar surface area (TPSA) is 29.1 Å². The molecule has 15 heavy (non-hydrogen) atoms. The van der Waals surface area contributed by atoms with Crippen molar-refractivity contribution in [1.29, 1.82) is 0 Å². The third-order valence-corrected chi connectivity index (χ3v) is 2.10. The Kier molecular flexibility index (Phi) is 9.83. The molecule has 0 aliphatic heterocycles. The molecule has 0 amide bonds. The molecule has 0 fully saturated rings.